The molecule has 0 N–H and O–H groups in total. The summed E-state index contributed by atoms with van der Waals surface area (Å²) in [6, 6.07) is 6.89. The SMILES string of the molecule is Clc1[c]c(Cl)cc(C2CCCCC2)c1. The Morgan fingerprint density at radius 1 is 1.00 bits per heavy atom. The Hall–Kier alpha value is -0.200. The first-order valence-electron chi connectivity index (χ1n) is 5.14. The van der Waals surface area contributed by atoms with Crippen LogP contribution in [0.3, 0.4) is 0 Å². The minimum absolute atomic E-state index is 0.637. The molecule has 0 aromatic heterocycles. The number of benzene rings is 1. The Bertz CT molecular complexity index is 294. The summed E-state index contributed by atoms with van der Waals surface area (Å²) >= 11 is 11.9. The van der Waals surface area contributed by atoms with E-state index in [1.54, 1.807) is 0 Å². The molecule has 0 unspecified atom stereocenters. The molecule has 0 nitrogen and oxygen atoms in total. The summed E-state index contributed by atoms with van der Waals surface area (Å²) in [6.07, 6.45) is 6.58. The van der Waals surface area contributed by atoms with Gasteiger partial charge in [-0.05, 0) is 36.5 Å². The van der Waals surface area contributed by atoms with Crippen molar-refractivity contribution in [3.8, 4) is 0 Å². The first kappa shape index (κ1) is 10.3. The van der Waals surface area contributed by atoms with Crippen molar-refractivity contribution in [1.29, 1.82) is 0 Å². The molecule has 2 rings (SSSR count). The average molecular weight is 228 g/mol. The summed E-state index contributed by atoms with van der Waals surface area (Å²) in [5.74, 6) is 0.661. The maximum Gasteiger partial charge on any atom is 0.0503 e. The number of hydrogen-bond acceptors (Lipinski definition) is 0. The molecule has 0 spiro atoms. The van der Waals surface area contributed by atoms with E-state index in [0.717, 1.165) is 0 Å². The first-order valence-corrected chi connectivity index (χ1v) is 5.89. The van der Waals surface area contributed by atoms with Gasteiger partial charge in [0.2, 0.25) is 0 Å². The van der Waals surface area contributed by atoms with Crippen molar-refractivity contribution in [2.45, 2.75) is 38.0 Å². The molecule has 1 aromatic rings. The van der Waals surface area contributed by atoms with Crippen molar-refractivity contribution in [2.75, 3.05) is 0 Å². The van der Waals surface area contributed by atoms with Gasteiger partial charge >= 0.3 is 0 Å². The van der Waals surface area contributed by atoms with Gasteiger partial charge in [0.1, 0.15) is 0 Å². The highest BCUT2D eigenvalue weighted by molar-refractivity contribution is 6.34. The van der Waals surface area contributed by atoms with E-state index in [2.05, 4.69) is 6.07 Å². The largest absolute Gasteiger partial charge is 0.0836 e. The summed E-state index contributed by atoms with van der Waals surface area (Å²) in [7, 11) is 0. The third-order valence-corrected chi connectivity index (χ3v) is 3.31. The van der Waals surface area contributed by atoms with E-state index < -0.39 is 0 Å². The molecule has 0 saturated heterocycles. The molecule has 0 heterocycles. The van der Waals surface area contributed by atoms with E-state index in [1.165, 1.54) is 37.7 Å². The van der Waals surface area contributed by atoms with Crippen LogP contribution in [0, 0.1) is 6.07 Å². The highest BCUT2D eigenvalue weighted by Gasteiger charge is 2.16. The lowest BCUT2D eigenvalue weighted by atomic mass is 9.84. The van der Waals surface area contributed by atoms with Crippen LogP contribution in [0.4, 0.5) is 0 Å². The van der Waals surface area contributed by atoms with E-state index in [9.17, 15) is 0 Å². The van der Waals surface area contributed by atoms with Gasteiger partial charge in [0, 0.05) is 6.07 Å². The Morgan fingerprint density at radius 2 is 1.57 bits per heavy atom. The maximum absolute atomic E-state index is 5.93. The van der Waals surface area contributed by atoms with Crippen LogP contribution in [0.1, 0.15) is 43.6 Å². The van der Waals surface area contributed by atoms with Crippen LogP contribution >= 0.6 is 23.2 Å². The zero-order chi connectivity index (χ0) is 9.97. The lowest BCUT2D eigenvalue weighted by molar-refractivity contribution is 0.443. The smallest absolute Gasteiger partial charge is 0.0503 e. The van der Waals surface area contributed by atoms with Crippen molar-refractivity contribution in [3.05, 3.63) is 33.8 Å². The van der Waals surface area contributed by atoms with Crippen molar-refractivity contribution >= 4 is 23.2 Å². The second kappa shape index (κ2) is 4.55. The fraction of sp³-hybridized carbons (Fsp3) is 0.500. The van der Waals surface area contributed by atoms with Gasteiger partial charge in [-0.15, -0.1) is 0 Å². The van der Waals surface area contributed by atoms with E-state index in [-0.39, 0.29) is 0 Å². The quantitative estimate of drug-likeness (QED) is 0.645. The van der Waals surface area contributed by atoms with Crippen LogP contribution in [0.25, 0.3) is 0 Å². The van der Waals surface area contributed by atoms with E-state index in [0.29, 0.717) is 16.0 Å². The zero-order valence-corrected chi connectivity index (χ0v) is 9.54. The normalized spacial score (nSPS) is 18.4. The van der Waals surface area contributed by atoms with Crippen LogP contribution in [0.2, 0.25) is 10.0 Å². The van der Waals surface area contributed by atoms with Gasteiger partial charge in [-0.25, -0.2) is 0 Å². The van der Waals surface area contributed by atoms with Crippen LogP contribution in [0.5, 0.6) is 0 Å². The molecule has 1 fully saturated rings. The molecule has 1 aliphatic rings. The third-order valence-electron chi connectivity index (χ3n) is 2.90. The minimum atomic E-state index is 0.637. The van der Waals surface area contributed by atoms with E-state index >= 15 is 0 Å². The molecule has 2 heteroatoms. The van der Waals surface area contributed by atoms with Crippen LogP contribution < -0.4 is 0 Å². The molecule has 0 amide bonds. The molecular weight excluding hydrogens is 215 g/mol. The van der Waals surface area contributed by atoms with Gasteiger partial charge in [0.15, 0.2) is 0 Å². The number of rotatable bonds is 1. The molecular formula is C12H13Cl2. The van der Waals surface area contributed by atoms with Crippen molar-refractivity contribution in [1.82, 2.24) is 0 Å². The predicted molar refractivity (Wildman–Crippen MR) is 61.1 cm³/mol. The second-order valence-electron chi connectivity index (χ2n) is 3.94. The average Bonchev–Trinajstić information content (AvgIpc) is 2.18. The monoisotopic (exact) mass is 227 g/mol. The van der Waals surface area contributed by atoms with Gasteiger partial charge in [-0.1, -0.05) is 42.5 Å². The molecule has 1 aromatic carbocycles. The first-order chi connectivity index (χ1) is 6.75. The van der Waals surface area contributed by atoms with Gasteiger partial charge in [0.05, 0.1) is 10.0 Å². The summed E-state index contributed by atoms with van der Waals surface area (Å²) in [5, 5.41) is 1.27. The minimum Gasteiger partial charge on any atom is -0.0836 e. The lowest BCUT2D eigenvalue weighted by Gasteiger charge is -2.22. The second-order valence-corrected chi connectivity index (χ2v) is 4.76. The topological polar surface area (TPSA) is 0 Å². The van der Waals surface area contributed by atoms with Crippen LogP contribution in [-0.2, 0) is 0 Å². The molecule has 1 radical (unpaired) electrons. The zero-order valence-electron chi connectivity index (χ0n) is 8.02. The van der Waals surface area contributed by atoms with Crippen LogP contribution in [0.15, 0.2) is 12.1 Å². The summed E-state index contributed by atoms with van der Waals surface area (Å²) in [4.78, 5) is 0. The summed E-state index contributed by atoms with van der Waals surface area (Å²) in [6.45, 7) is 0. The molecule has 1 saturated carbocycles. The fourth-order valence-corrected chi connectivity index (χ4v) is 2.70. The summed E-state index contributed by atoms with van der Waals surface area (Å²) < 4.78 is 0. The van der Waals surface area contributed by atoms with Gasteiger partial charge < -0.3 is 0 Å². The van der Waals surface area contributed by atoms with E-state index in [1.807, 2.05) is 12.1 Å². The Morgan fingerprint density at radius 3 is 2.14 bits per heavy atom. The molecule has 0 aliphatic heterocycles. The summed E-state index contributed by atoms with van der Waals surface area (Å²) in [5.41, 5.74) is 1.29. The van der Waals surface area contributed by atoms with Crippen molar-refractivity contribution in [3.63, 3.8) is 0 Å². The molecule has 0 bridgehead atoms. The van der Waals surface area contributed by atoms with Crippen molar-refractivity contribution < 1.29 is 0 Å². The molecule has 0 atom stereocenters. The highest BCUT2D eigenvalue weighted by Crippen LogP contribution is 2.34. The van der Waals surface area contributed by atoms with Gasteiger partial charge in [-0.3, -0.25) is 0 Å². The standard InChI is InChI=1S/C12H13Cl2/c13-11-6-10(7-12(14)8-11)9-4-2-1-3-5-9/h6-7,9H,1-5H2. The number of halogens is 2. The molecule has 75 valence electrons. The molecule has 1 aliphatic carbocycles. The Labute approximate surface area is 95.2 Å². The highest BCUT2D eigenvalue weighted by atomic mass is 35.5. The molecule has 14 heavy (non-hydrogen) atoms. The Balaban J connectivity index is 2.21. The fourth-order valence-electron chi connectivity index (χ4n) is 2.19. The number of hydrogen-bond donors (Lipinski definition) is 0. The van der Waals surface area contributed by atoms with Gasteiger partial charge in [0.25, 0.3) is 0 Å². The Kier molecular flexibility index (Phi) is 3.35. The predicted octanol–water partition coefficient (Wildman–Crippen LogP) is 4.84. The van der Waals surface area contributed by atoms with Crippen molar-refractivity contribution in [2.24, 2.45) is 0 Å². The third kappa shape index (κ3) is 2.43. The lowest BCUT2D eigenvalue weighted by Crippen LogP contribution is -2.04. The van der Waals surface area contributed by atoms with E-state index in [4.69, 9.17) is 23.2 Å². The van der Waals surface area contributed by atoms with Gasteiger partial charge in [-0.2, -0.15) is 0 Å². The van der Waals surface area contributed by atoms with Crippen LogP contribution in [-0.4, -0.2) is 0 Å². The maximum atomic E-state index is 5.93.